The number of aryl methyl sites for hydroxylation is 1. The SMILES string of the molecule is CCc1cccc2c(CC(=O)O)c(-c3cccc4ccccc34)[nH]c12. The van der Waals surface area contributed by atoms with Crippen molar-refractivity contribution < 1.29 is 9.90 Å². The molecule has 0 saturated carbocycles. The molecule has 0 spiro atoms. The van der Waals surface area contributed by atoms with Crippen LogP contribution in [0.5, 0.6) is 0 Å². The summed E-state index contributed by atoms with van der Waals surface area (Å²) in [5.41, 5.74) is 5.07. The Morgan fingerprint density at radius 2 is 1.68 bits per heavy atom. The highest BCUT2D eigenvalue weighted by molar-refractivity contribution is 6.02. The van der Waals surface area contributed by atoms with Gasteiger partial charge in [-0.15, -0.1) is 0 Å². The minimum Gasteiger partial charge on any atom is -0.481 e. The molecule has 1 aromatic heterocycles. The number of nitrogens with one attached hydrogen (secondary N) is 1. The van der Waals surface area contributed by atoms with Crippen molar-refractivity contribution in [1.29, 1.82) is 0 Å². The summed E-state index contributed by atoms with van der Waals surface area (Å²) in [5, 5.41) is 12.7. The molecule has 0 unspecified atom stereocenters. The lowest BCUT2D eigenvalue weighted by molar-refractivity contribution is -0.136. The van der Waals surface area contributed by atoms with Gasteiger partial charge in [-0.3, -0.25) is 4.79 Å². The lowest BCUT2D eigenvalue weighted by Gasteiger charge is -2.07. The molecule has 3 aromatic carbocycles. The first-order valence-corrected chi connectivity index (χ1v) is 8.51. The van der Waals surface area contributed by atoms with E-state index in [1.165, 1.54) is 5.56 Å². The largest absolute Gasteiger partial charge is 0.481 e. The van der Waals surface area contributed by atoms with Crippen LogP contribution in [0, 0.1) is 0 Å². The van der Waals surface area contributed by atoms with E-state index in [0.717, 1.165) is 44.9 Å². The molecular weight excluding hydrogens is 310 g/mol. The van der Waals surface area contributed by atoms with Crippen LogP contribution in [0.2, 0.25) is 0 Å². The molecule has 25 heavy (non-hydrogen) atoms. The van der Waals surface area contributed by atoms with Crippen molar-refractivity contribution in [2.24, 2.45) is 0 Å². The van der Waals surface area contributed by atoms with Gasteiger partial charge >= 0.3 is 5.97 Å². The molecule has 3 heteroatoms. The third kappa shape index (κ3) is 2.58. The minimum atomic E-state index is -0.815. The number of hydrogen-bond donors (Lipinski definition) is 2. The number of aliphatic carboxylic acids is 1. The third-order valence-corrected chi connectivity index (χ3v) is 4.80. The van der Waals surface area contributed by atoms with Crippen molar-refractivity contribution in [2.75, 3.05) is 0 Å². The van der Waals surface area contributed by atoms with Crippen LogP contribution in [0.15, 0.2) is 60.7 Å². The molecule has 1 heterocycles. The first kappa shape index (κ1) is 15.5. The van der Waals surface area contributed by atoms with E-state index in [2.05, 4.69) is 42.2 Å². The van der Waals surface area contributed by atoms with E-state index in [9.17, 15) is 9.90 Å². The maximum Gasteiger partial charge on any atom is 0.307 e. The van der Waals surface area contributed by atoms with Gasteiger partial charge in [0, 0.05) is 16.5 Å². The van der Waals surface area contributed by atoms with Crippen LogP contribution < -0.4 is 0 Å². The van der Waals surface area contributed by atoms with E-state index in [1.807, 2.05) is 30.3 Å². The molecule has 0 fully saturated rings. The summed E-state index contributed by atoms with van der Waals surface area (Å²) in [6, 6.07) is 20.5. The van der Waals surface area contributed by atoms with Gasteiger partial charge in [0.05, 0.1) is 12.1 Å². The highest BCUT2D eigenvalue weighted by atomic mass is 16.4. The van der Waals surface area contributed by atoms with Crippen molar-refractivity contribution in [3.8, 4) is 11.3 Å². The van der Waals surface area contributed by atoms with Crippen molar-refractivity contribution in [3.05, 3.63) is 71.8 Å². The van der Waals surface area contributed by atoms with Gasteiger partial charge in [-0.25, -0.2) is 0 Å². The Bertz CT molecular complexity index is 1090. The van der Waals surface area contributed by atoms with Crippen LogP contribution >= 0.6 is 0 Å². The van der Waals surface area contributed by atoms with E-state index in [1.54, 1.807) is 0 Å². The van der Waals surface area contributed by atoms with E-state index in [-0.39, 0.29) is 6.42 Å². The summed E-state index contributed by atoms with van der Waals surface area (Å²) in [6.45, 7) is 2.12. The number of carboxylic acid groups (broad SMARTS) is 1. The number of aromatic nitrogens is 1. The molecule has 124 valence electrons. The number of rotatable bonds is 4. The van der Waals surface area contributed by atoms with Crippen LogP contribution in [0.1, 0.15) is 18.1 Å². The third-order valence-electron chi connectivity index (χ3n) is 4.80. The Kier molecular flexibility index (Phi) is 3.77. The molecule has 0 radical (unpaired) electrons. The highest BCUT2D eigenvalue weighted by Gasteiger charge is 2.18. The van der Waals surface area contributed by atoms with Gasteiger partial charge in [0.25, 0.3) is 0 Å². The van der Waals surface area contributed by atoms with Gasteiger partial charge in [0.2, 0.25) is 0 Å². The molecule has 2 N–H and O–H groups in total. The number of aromatic amines is 1. The van der Waals surface area contributed by atoms with Crippen molar-refractivity contribution in [1.82, 2.24) is 4.98 Å². The van der Waals surface area contributed by atoms with Gasteiger partial charge in [0.1, 0.15) is 0 Å². The van der Waals surface area contributed by atoms with Crippen molar-refractivity contribution in [2.45, 2.75) is 19.8 Å². The van der Waals surface area contributed by atoms with Gasteiger partial charge in [-0.1, -0.05) is 67.6 Å². The minimum absolute atomic E-state index is 0.00568. The first-order chi connectivity index (χ1) is 12.2. The molecule has 0 aliphatic heterocycles. The topological polar surface area (TPSA) is 53.1 Å². The molecule has 0 aliphatic carbocycles. The van der Waals surface area contributed by atoms with E-state index in [0.29, 0.717) is 0 Å². The number of benzene rings is 3. The Morgan fingerprint density at radius 1 is 0.960 bits per heavy atom. The Labute approximate surface area is 145 Å². The van der Waals surface area contributed by atoms with Crippen LogP contribution in [0.25, 0.3) is 32.9 Å². The smallest absolute Gasteiger partial charge is 0.307 e. The zero-order valence-electron chi connectivity index (χ0n) is 14.0. The predicted molar refractivity (Wildman–Crippen MR) is 102 cm³/mol. The van der Waals surface area contributed by atoms with Crippen molar-refractivity contribution >= 4 is 27.6 Å². The van der Waals surface area contributed by atoms with Gasteiger partial charge < -0.3 is 10.1 Å². The van der Waals surface area contributed by atoms with Crippen LogP contribution in [-0.2, 0) is 17.6 Å². The normalized spacial score (nSPS) is 11.2. The average Bonchev–Trinajstić information content (AvgIpc) is 2.99. The fraction of sp³-hybridized carbons (Fsp3) is 0.136. The number of carbonyl (C=O) groups is 1. The average molecular weight is 329 g/mol. The molecule has 4 rings (SSSR count). The van der Waals surface area contributed by atoms with Gasteiger partial charge in [-0.05, 0) is 28.3 Å². The lowest BCUT2D eigenvalue weighted by atomic mass is 9.97. The standard InChI is InChI=1S/C22H19NO2/c1-2-14-8-5-12-18-19(13-20(24)25)22(23-21(14)18)17-11-6-9-15-7-3-4-10-16(15)17/h3-12,23H,2,13H2,1H3,(H,24,25). The monoisotopic (exact) mass is 329 g/mol. The van der Waals surface area contributed by atoms with Crippen molar-refractivity contribution in [3.63, 3.8) is 0 Å². The number of para-hydroxylation sites is 1. The lowest BCUT2D eigenvalue weighted by Crippen LogP contribution is -2.01. The fourth-order valence-corrected chi connectivity index (χ4v) is 3.64. The molecule has 3 nitrogen and oxygen atoms in total. The summed E-state index contributed by atoms with van der Waals surface area (Å²) in [4.78, 5) is 15.0. The predicted octanol–water partition coefficient (Wildman–Crippen LogP) is 5.18. The van der Waals surface area contributed by atoms with E-state index >= 15 is 0 Å². The number of carboxylic acids is 1. The number of fused-ring (bicyclic) bond motifs is 2. The maximum atomic E-state index is 11.5. The summed E-state index contributed by atoms with van der Waals surface area (Å²) in [7, 11) is 0. The second-order valence-corrected chi connectivity index (χ2v) is 6.27. The van der Waals surface area contributed by atoms with E-state index < -0.39 is 5.97 Å². The zero-order valence-corrected chi connectivity index (χ0v) is 14.0. The van der Waals surface area contributed by atoms with Crippen LogP contribution in [0.4, 0.5) is 0 Å². The fourth-order valence-electron chi connectivity index (χ4n) is 3.64. The zero-order chi connectivity index (χ0) is 17.4. The van der Waals surface area contributed by atoms with Gasteiger partial charge in [-0.2, -0.15) is 0 Å². The van der Waals surface area contributed by atoms with Crippen LogP contribution in [-0.4, -0.2) is 16.1 Å². The second-order valence-electron chi connectivity index (χ2n) is 6.27. The Balaban J connectivity index is 2.08. The second kappa shape index (κ2) is 6.10. The summed E-state index contributed by atoms with van der Waals surface area (Å²) in [5.74, 6) is -0.815. The molecule has 0 saturated heterocycles. The summed E-state index contributed by atoms with van der Waals surface area (Å²) in [6.07, 6.45) is 0.908. The molecule has 0 amide bonds. The van der Waals surface area contributed by atoms with Gasteiger partial charge in [0.15, 0.2) is 0 Å². The maximum absolute atomic E-state index is 11.5. The van der Waals surface area contributed by atoms with E-state index in [4.69, 9.17) is 0 Å². The first-order valence-electron chi connectivity index (χ1n) is 8.51. The molecular formula is C22H19NO2. The number of hydrogen-bond acceptors (Lipinski definition) is 1. The highest BCUT2D eigenvalue weighted by Crippen LogP contribution is 2.36. The molecule has 0 atom stereocenters. The molecule has 0 bridgehead atoms. The Morgan fingerprint density at radius 3 is 2.48 bits per heavy atom. The Hall–Kier alpha value is -3.07. The quantitative estimate of drug-likeness (QED) is 0.542. The molecule has 4 aromatic rings. The van der Waals surface area contributed by atoms with Crippen LogP contribution in [0.3, 0.4) is 0 Å². The summed E-state index contributed by atoms with van der Waals surface area (Å²) >= 11 is 0. The summed E-state index contributed by atoms with van der Waals surface area (Å²) < 4.78 is 0. The number of H-pyrrole nitrogens is 1. The molecule has 0 aliphatic rings.